The lowest BCUT2D eigenvalue weighted by Crippen LogP contribution is -2.52. The van der Waals surface area contributed by atoms with Gasteiger partial charge in [-0.1, -0.05) is 36.4 Å². The number of halogens is 1. The molecule has 1 aliphatic rings. The summed E-state index contributed by atoms with van der Waals surface area (Å²) in [5.74, 6) is 0.828. The Labute approximate surface area is 156 Å². The normalized spacial score (nSPS) is 20.8. The maximum Gasteiger partial charge on any atom is 0.131 e. The van der Waals surface area contributed by atoms with Crippen molar-refractivity contribution in [2.24, 2.45) is 0 Å². The Morgan fingerprint density at radius 3 is 2.52 bits per heavy atom. The van der Waals surface area contributed by atoms with Crippen LogP contribution in [0.5, 0.6) is 5.75 Å². The molecule has 4 nitrogen and oxygen atoms in total. The van der Waals surface area contributed by atoms with Gasteiger partial charge in [0.2, 0.25) is 0 Å². The van der Waals surface area contributed by atoms with Gasteiger partial charge in [-0.3, -0.25) is 0 Å². The van der Waals surface area contributed by atoms with Crippen LogP contribution in [0.2, 0.25) is 0 Å². The van der Waals surface area contributed by atoms with Gasteiger partial charge in [0.15, 0.2) is 0 Å². The van der Waals surface area contributed by atoms with Crippen molar-refractivity contribution >= 4 is 18.1 Å². The average Bonchev–Trinajstić information content (AvgIpc) is 2.58. The van der Waals surface area contributed by atoms with Gasteiger partial charge in [0.05, 0.1) is 6.04 Å². The van der Waals surface area contributed by atoms with Gasteiger partial charge >= 0.3 is 0 Å². The summed E-state index contributed by atoms with van der Waals surface area (Å²) in [7, 11) is 1.89. The maximum absolute atomic E-state index is 10.8. The monoisotopic (exact) mass is 362 g/mol. The second-order valence-corrected chi connectivity index (χ2v) is 6.82. The molecule has 0 saturated heterocycles. The van der Waals surface area contributed by atoms with Gasteiger partial charge in [-0.2, -0.15) is 0 Å². The van der Waals surface area contributed by atoms with Crippen LogP contribution < -0.4 is 15.4 Å². The smallest absolute Gasteiger partial charge is 0.131 e. The molecule has 25 heavy (non-hydrogen) atoms. The van der Waals surface area contributed by atoms with Gasteiger partial charge in [-0.25, -0.2) is 0 Å². The van der Waals surface area contributed by atoms with Crippen molar-refractivity contribution in [1.82, 2.24) is 5.32 Å². The van der Waals surface area contributed by atoms with E-state index in [0.717, 1.165) is 30.0 Å². The van der Waals surface area contributed by atoms with Crippen LogP contribution in [0.4, 0.5) is 5.69 Å². The summed E-state index contributed by atoms with van der Waals surface area (Å²) < 4.78 is 6.04. The van der Waals surface area contributed by atoms with Crippen LogP contribution in [0.15, 0.2) is 48.5 Å². The van der Waals surface area contributed by atoms with Crippen molar-refractivity contribution < 1.29 is 9.84 Å². The zero-order valence-electron chi connectivity index (χ0n) is 15.0. The van der Waals surface area contributed by atoms with Gasteiger partial charge in [-0.05, 0) is 38.4 Å². The fourth-order valence-corrected chi connectivity index (χ4v) is 3.19. The van der Waals surface area contributed by atoms with Crippen LogP contribution in [0.1, 0.15) is 31.0 Å². The van der Waals surface area contributed by atoms with Gasteiger partial charge in [0.25, 0.3) is 0 Å². The van der Waals surface area contributed by atoms with E-state index in [4.69, 9.17) is 4.74 Å². The minimum Gasteiger partial charge on any atom is -0.485 e. The Morgan fingerprint density at radius 1 is 1.12 bits per heavy atom. The Morgan fingerprint density at radius 2 is 1.84 bits per heavy atom. The van der Waals surface area contributed by atoms with Crippen molar-refractivity contribution in [3.8, 4) is 5.75 Å². The standard InChI is InChI=1S/C20H26N2O2.ClH/c1-20(2)19(23)18(22-12-11-14-7-5-4-6-8-14)16-10-9-15(21-3)13-17(16)24-20;/h4-10,13,18-19,21-23H,11-12H2,1-3H3;1H. The Balaban J connectivity index is 0.00000225. The number of fused-ring (bicyclic) bond motifs is 1. The van der Waals surface area contributed by atoms with E-state index >= 15 is 0 Å². The van der Waals surface area contributed by atoms with Crippen LogP contribution in [-0.4, -0.2) is 30.4 Å². The number of hydrogen-bond donors (Lipinski definition) is 3. The van der Waals surface area contributed by atoms with E-state index in [9.17, 15) is 5.11 Å². The van der Waals surface area contributed by atoms with Crippen LogP contribution in [0.3, 0.4) is 0 Å². The molecule has 3 rings (SSSR count). The fraction of sp³-hybridized carbons (Fsp3) is 0.400. The molecule has 0 amide bonds. The largest absolute Gasteiger partial charge is 0.485 e. The van der Waals surface area contributed by atoms with E-state index in [1.54, 1.807) is 0 Å². The third-order valence-corrected chi connectivity index (χ3v) is 4.66. The number of ether oxygens (including phenoxy) is 1. The second-order valence-electron chi connectivity index (χ2n) is 6.82. The number of rotatable bonds is 5. The van der Waals surface area contributed by atoms with Crippen molar-refractivity contribution in [3.05, 3.63) is 59.7 Å². The van der Waals surface area contributed by atoms with E-state index in [1.807, 2.05) is 45.2 Å². The second kappa shape index (κ2) is 8.09. The molecule has 136 valence electrons. The third-order valence-electron chi connectivity index (χ3n) is 4.66. The highest BCUT2D eigenvalue weighted by molar-refractivity contribution is 5.85. The summed E-state index contributed by atoms with van der Waals surface area (Å²) in [6.45, 7) is 4.66. The average molecular weight is 363 g/mol. The van der Waals surface area contributed by atoms with Crippen molar-refractivity contribution in [1.29, 1.82) is 0 Å². The highest BCUT2D eigenvalue weighted by Crippen LogP contribution is 2.40. The molecule has 0 aromatic heterocycles. The van der Waals surface area contributed by atoms with E-state index in [1.165, 1.54) is 5.56 Å². The number of anilines is 1. The molecule has 0 spiro atoms. The zero-order valence-corrected chi connectivity index (χ0v) is 15.8. The number of aliphatic hydroxyl groups excluding tert-OH is 1. The molecule has 1 aliphatic heterocycles. The first-order valence-corrected chi connectivity index (χ1v) is 8.47. The number of benzene rings is 2. The van der Waals surface area contributed by atoms with Crippen LogP contribution >= 0.6 is 12.4 Å². The Bertz CT molecular complexity index is 691. The van der Waals surface area contributed by atoms with E-state index in [2.05, 4.69) is 34.9 Å². The number of nitrogens with one attached hydrogen (secondary N) is 2. The molecule has 0 saturated carbocycles. The lowest BCUT2D eigenvalue weighted by atomic mass is 9.86. The molecule has 0 bridgehead atoms. The summed E-state index contributed by atoms with van der Waals surface area (Å²) >= 11 is 0. The summed E-state index contributed by atoms with van der Waals surface area (Å²) in [5, 5.41) is 17.4. The number of aliphatic hydroxyl groups is 1. The molecular weight excluding hydrogens is 336 g/mol. The molecule has 1 heterocycles. The van der Waals surface area contributed by atoms with Gasteiger partial charge in [-0.15, -0.1) is 12.4 Å². The summed E-state index contributed by atoms with van der Waals surface area (Å²) in [6, 6.07) is 16.3. The molecule has 0 fully saturated rings. The molecule has 2 aromatic carbocycles. The summed E-state index contributed by atoms with van der Waals surface area (Å²) in [6.07, 6.45) is 0.316. The van der Waals surface area contributed by atoms with Gasteiger partial charge in [0, 0.05) is 24.4 Å². The van der Waals surface area contributed by atoms with E-state index in [0.29, 0.717) is 0 Å². The van der Waals surface area contributed by atoms with Crippen molar-refractivity contribution in [3.63, 3.8) is 0 Å². The predicted octanol–water partition coefficient (Wildman–Crippen LogP) is 3.56. The maximum atomic E-state index is 10.8. The molecular formula is C20H27ClN2O2. The predicted molar refractivity (Wildman–Crippen MR) is 105 cm³/mol. The van der Waals surface area contributed by atoms with Gasteiger partial charge < -0.3 is 20.5 Å². The third kappa shape index (κ3) is 4.27. The van der Waals surface area contributed by atoms with Crippen LogP contribution in [0, 0.1) is 0 Å². The fourth-order valence-electron chi connectivity index (χ4n) is 3.19. The molecule has 5 heteroatoms. The highest BCUT2D eigenvalue weighted by atomic mass is 35.5. The summed E-state index contributed by atoms with van der Waals surface area (Å²) in [5.41, 5.74) is 2.67. The molecule has 3 N–H and O–H groups in total. The number of hydrogen-bond acceptors (Lipinski definition) is 4. The SMILES string of the molecule is CNc1ccc2c(c1)OC(C)(C)C(O)C2NCCc1ccccc1.Cl. The Hall–Kier alpha value is -1.75. The topological polar surface area (TPSA) is 53.5 Å². The van der Waals surface area contributed by atoms with Crippen LogP contribution in [-0.2, 0) is 6.42 Å². The van der Waals surface area contributed by atoms with Crippen LogP contribution in [0.25, 0.3) is 0 Å². The molecule has 2 aromatic rings. The van der Waals surface area contributed by atoms with E-state index in [-0.39, 0.29) is 18.4 Å². The molecule has 0 aliphatic carbocycles. The lowest BCUT2D eigenvalue weighted by Gasteiger charge is -2.42. The zero-order chi connectivity index (χ0) is 17.2. The first-order chi connectivity index (χ1) is 11.5. The Kier molecular flexibility index (Phi) is 6.33. The minimum atomic E-state index is -0.635. The first-order valence-electron chi connectivity index (χ1n) is 8.47. The molecule has 2 atom stereocenters. The minimum absolute atomic E-state index is 0. The quantitative estimate of drug-likeness (QED) is 0.761. The lowest BCUT2D eigenvalue weighted by molar-refractivity contribution is -0.0643. The van der Waals surface area contributed by atoms with Gasteiger partial charge in [0.1, 0.15) is 17.5 Å². The van der Waals surface area contributed by atoms with E-state index < -0.39 is 11.7 Å². The molecule has 2 unspecified atom stereocenters. The summed E-state index contributed by atoms with van der Waals surface area (Å²) in [4.78, 5) is 0. The highest BCUT2D eigenvalue weighted by Gasteiger charge is 2.42. The van der Waals surface area contributed by atoms with Crippen molar-refractivity contribution in [2.75, 3.05) is 18.9 Å². The molecule has 0 radical (unpaired) electrons. The van der Waals surface area contributed by atoms with Crippen molar-refractivity contribution in [2.45, 2.75) is 38.0 Å². The first kappa shape index (κ1) is 19.6.